The molecule has 3 aliphatic heterocycles. The number of hydrogen-bond acceptors (Lipinski definition) is 21. The van der Waals surface area contributed by atoms with E-state index in [1.54, 1.807) is 0 Å². The molecule has 21 heteroatoms. The van der Waals surface area contributed by atoms with Crippen LogP contribution in [0.25, 0.3) is 22.3 Å². The largest absolute Gasteiger partial charge is 0.508 e. The number of hydrogen-bond donors (Lipinski definition) is 14. The lowest BCUT2D eigenvalue weighted by atomic mass is 9.87. The van der Waals surface area contributed by atoms with Crippen LogP contribution in [0.15, 0.2) is 39.5 Å². The highest BCUT2D eigenvalue weighted by molar-refractivity contribution is 5.88. The first-order chi connectivity index (χ1) is 25.4. The molecule has 0 bridgehead atoms. The van der Waals surface area contributed by atoms with Crippen molar-refractivity contribution in [1.82, 2.24) is 0 Å². The topological polar surface area (TPSA) is 360 Å². The summed E-state index contributed by atoms with van der Waals surface area (Å²) in [6.45, 7) is 0.562. The molecule has 2 aromatic carbocycles. The second-order valence-corrected chi connectivity index (χ2v) is 13.3. The van der Waals surface area contributed by atoms with Crippen LogP contribution in [-0.2, 0) is 14.2 Å². The molecule has 1 unspecified atom stereocenters. The van der Waals surface area contributed by atoms with Crippen LogP contribution in [0.5, 0.6) is 28.7 Å². The SMILES string of the molecule is C[C@@H]1O[C@@H](C(O)[C@H]2O[C@@H](Oc3c(-c4ccc(O[C@@H]5O[C@H](CO)[C@@H](O)[C@H](O)[C@H]5O)c(O)c4)oc4cc(O)cc(O)c4c3=O)[C@H](O)[C@@H](O)[C@@H]2O)[C@H](O)[C@H](O)[C@H]1O. The van der Waals surface area contributed by atoms with Crippen molar-refractivity contribution in [3.8, 4) is 40.1 Å². The van der Waals surface area contributed by atoms with Crippen molar-refractivity contribution < 1.29 is 99.6 Å². The van der Waals surface area contributed by atoms with Gasteiger partial charge in [0.15, 0.2) is 17.3 Å². The summed E-state index contributed by atoms with van der Waals surface area (Å²) in [4.78, 5) is 13.9. The molecule has 0 radical (unpaired) electrons. The van der Waals surface area contributed by atoms with Crippen molar-refractivity contribution in [3.05, 3.63) is 40.6 Å². The molecule has 54 heavy (non-hydrogen) atoms. The van der Waals surface area contributed by atoms with Crippen LogP contribution in [0.3, 0.4) is 0 Å². The Hall–Kier alpha value is -3.91. The van der Waals surface area contributed by atoms with Gasteiger partial charge in [0, 0.05) is 17.7 Å². The Balaban J connectivity index is 1.36. The number of phenolic OH excluding ortho intramolecular Hbond substituents is 3. The number of aliphatic hydroxyl groups excluding tert-OH is 11. The second kappa shape index (κ2) is 15.3. The smallest absolute Gasteiger partial charge is 0.239 e. The summed E-state index contributed by atoms with van der Waals surface area (Å²) in [5.74, 6) is -3.82. The third-order valence-electron chi connectivity index (χ3n) is 9.63. The quantitative estimate of drug-likeness (QED) is 0.102. The Morgan fingerprint density at radius 3 is 1.91 bits per heavy atom. The van der Waals surface area contributed by atoms with Gasteiger partial charge >= 0.3 is 0 Å². The van der Waals surface area contributed by atoms with Crippen molar-refractivity contribution in [2.45, 2.75) is 105 Å². The molecular formula is C33H40O21. The van der Waals surface area contributed by atoms with Crippen molar-refractivity contribution in [3.63, 3.8) is 0 Å². The lowest BCUT2D eigenvalue weighted by Crippen LogP contribution is -2.67. The van der Waals surface area contributed by atoms with E-state index in [9.17, 15) is 76.3 Å². The summed E-state index contributed by atoms with van der Waals surface area (Å²) >= 11 is 0. The molecular weight excluding hydrogens is 732 g/mol. The first kappa shape index (κ1) is 39.8. The number of aromatic hydroxyl groups is 3. The van der Waals surface area contributed by atoms with Crippen molar-refractivity contribution >= 4 is 11.0 Å². The van der Waals surface area contributed by atoms with Gasteiger partial charge in [0.05, 0.1) is 12.7 Å². The Kier molecular flexibility index (Phi) is 11.3. The van der Waals surface area contributed by atoms with Gasteiger partial charge in [-0.05, 0) is 25.1 Å². The zero-order valence-corrected chi connectivity index (χ0v) is 28.0. The summed E-state index contributed by atoms with van der Waals surface area (Å²) in [5, 5.41) is 145. The normalized spacial score (nSPS) is 37.9. The molecule has 0 spiro atoms. The average Bonchev–Trinajstić information content (AvgIpc) is 3.13. The van der Waals surface area contributed by atoms with Crippen LogP contribution < -0.4 is 14.9 Å². The van der Waals surface area contributed by atoms with Gasteiger partial charge < -0.3 is 99.6 Å². The van der Waals surface area contributed by atoms with E-state index in [1.807, 2.05) is 0 Å². The van der Waals surface area contributed by atoms with Gasteiger partial charge in [-0.2, -0.15) is 0 Å². The molecule has 0 aliphatic carbocycles. The molecule has 21 nitrogen and oxygen atoms in total. The molecule has 0 saturated carbocycles. The number of ether oxygens (including phenoxy) is 5. The number of rotatable bonds is 8. The van der Waals surface area contributed by atoms with E-state index in [2.05, 4.69) is 0 Å². The number of phenols is 3. The lowest BCUT2D eigenvalue weighted by molar-refractivity contribution is -0.311. The van der Waals surface area contributed by atoms with Crippen LogP contribution in [0, 0.1) is 0 Å². The molecule has 3 aromatic rings. The van der Waals surface area contributed by atoms with Gasteiger partial charge in [-0.25, -0.2) is 0 Å². The van der Waals surface area contributed by atoms with Crippen LogP contribution in [0.1, 0.15) is 6.92 Å². The molecule has 298 valence electrons. The summed E-state index contributed by atoms with van der Waals surface area (Å²) in [5.41, 5.74) is -1.75. The molecule has 4 heterocycles. The Bertz CT molecular complexity index is 1870. The highest BCUT2D eigenvalue weighted by atomic mass is 16.7. The minimum atomic E-state index is -2.16. The first-order valence-electron chi connectivity index (χ1n) is 16.5. The predicted octanol–water partition coefficient (Wildman–Crippen LogP) is -4.83. The van der Waals surface area contributed by atoms with Gasteiger partial charge in [0.2, 0.25) is 23.8 Å². The minimum absolute atomic E-state index is 0.187. The average molecular weight is 773 g/mol. The highest BCUT2D eigenvalue weighted by Crippen LogP contribution is 2.41. The summed E-state index contributed by atoms with van der Waals surface area (Å²) in [6, 6.07) is 4.97. The molecule has 1 aromatic heterocycles. The molecule has 3 saturated heterocycles. The van der Waals surface area contributed by atoms with Gasteiger partial charge in [0.1, 0.15) is 102 Å². The third-order valence-corrected chi connectivity index (χ3v) is 9.63. The fraction of sp³-hybridized carbons (Fsp3) is 0.545. The Labute approximate surface area is 302 Å². The fourth-order valence-corrected chi connectivity index (χ4v) is 6.54. The molecule has 14 N–H and O–H groups in total. The highest BCUT2D eigenvalue weighted by Gasteiger charge is 2.54. The van der Waals surface area contributed by atoms with Crippen molar-refractivity contribution in [2.75, 3.05) is 6.61 Å². The Morgan fingerprint density at radius 1 is 0.685 bits per heavy atom. The van der Waals surface area contributed by atoms with Crippen molar-refractivity contribution in [2.24, 2.45) is 0 Å². The van der Waals surface area contributed by atoms with Gasteiger partial charge in [0.25, 0.3) is 0 Å². The summed E-state index contributed by atoms with van der Waals surface area (Å²) < 4.78 is 33.4. The third kappa shape index (κ3) is 7.04. The van der Waals surface area contributed by atoms with E-state index in [0.717, 1.165) is 24.3 Å². The van der Waals surface area contributed by atoms with E-state index in [0.29, 0.717) is 0 Å². The van der Waals surface area contributed by atoms with E-state index < -0.39 is 150 Å². The predicted molar refractivity (Wildman–Crippen MR) is 173 cm³/mol. The zero-order chi connectivity index (χ0) is 39.5. The van der Waals surface area contributed by atoms with Crippen LogP contribution in [0.4, 0.5) is 0 Å². The maximum atomic E-state index is 13.9. The Morgan fingerprint density at radius 2 is 1.28 bits per heavy atom. The first-order valence-corrected chi connectivity index (χ1v) is 16.5. The summed E-state index contributed by atoms with van der Waals surface area (Å²) in [7, 11) is 0. The number of fused-ring (bicyclic) bond motifs is 1. The lowest BCUT2D eigenvalue weighted by Gasteiger charge is -2.46. The zero-order valence-electron chi connectivity index (χ0n) is 28.0. The summed E-state index contributed by atoms with van der Waals surface area (Å²) in [6.07, 6.45) is -29.1. The second-order valence-electron chi connectivity index (χ2n) is 13.3. The minimum Gasteiger partial charge on any atom is -0.508 e. The van der Waals surface area contributed by atoms with Crippen LogP contribution in [-0.4, -0.2) is 176 Å². The van der Waals surface area contributed by atoms with Crippen LogP contribution >= 0.6 is 0 Å². The standard InChI is InChI=1S/C33H40O21/c1-8-17(38)20(41)23(44)29(49-8)27(48)30-24(45)22(43)26(47)33(53-30)54-31-19(40)16-12(37)5-10(35)6-14(16)50-28(31)9-2-3-13(11(36)4-9)51-32-25(46)21(42)18(39)15(7-34)52-32/h2-6,8,15,17-18,20-27,29-30,32-39,41-48H,7H2,1H3/t8-,15+,17-,18+,20+,21-,22-,23+,24-,25+,26+,27?,29+,30-,32+,33-/m0/s1. The maximum absolute atomic E-state index is 13.9. The maximum Gasteiger partial charge on any atom is 0.239 e. The number of benzene rings is 2. The monoisotopic (exact) mass is 772 g/mol. The molecule has 3 aliphatic rings. The molecule has 6 rings (SSSR count). The van der Waals surface area contributed by atoms with Crippen molar-refractivity contribution in [1.29, 1.82) is 0 Å². The van der Waals surface area contributed by atoms with Crippen LogP contribution in [0.2, 0.25) is 0 Å². The van der Waals surface area contributed by atoms with E-state index in [4.69, 9.17) is 28.1 Å². The van der Waals surface area contributed by atoms with E-state index >= 15 is 0 Å². The van der Waals surface area contributed by atoms with Gasteiger partial charge in [-0.3, -0.25) is 4.79 Å². The fourth-order valence-electron chi connectivity index (χ4n) is 6.54. The van der Waals surface area contributed by atoms with Gasteiger partial charge in [-0.15, -0.1) is 0 Å². The number of aliphatic hydroxyl groups is 11. The van der Waals surface area contributed by atoms with E-state index in [1.165, 1.54) is 13.0 Å². The van der Waals surface area contributed by atoms with Gasteiger partial charge in [-0.1, -0.05) is 0 Å². The molecule has 16 atom stereocenters. The molecule has 3 fully saturated rings. The molecule has 0 amide bonds. The van der Waals surface area contributed by atoms with E-state index in [-0.39, 0.29) is 11.3 Å².